The minimum atomic E-state index is 0.194. The number of rotatable bonds is 4. The maximum absolute atomic E-state index is 5.61. The monoisotopic (exact) mass is 225 g/mol. The molecule has 16 heavy (non-hydrogen) atoms. The summed E-state index contributed by atoms with van der Waals surface area (Å²) in [6.45, 7) is 0. The van der Waals surface area contributed by atoms with Crippen LogP contribution in [0.2, 0.25) is 0 Å². The van der Waals surface area contributed by atoms with Crippen LogP contribution < -0.4 is 25.8 Å². The number of hydrogen-bond acceptors (Lipinski definition) is 5. The Hall–Kier alpha value is -2.11. The molecule has 0 aromatic heterocycles. The molecule has 0 aliphatic rings. The van der Waals surface area contributed by atoms with Crippen molar-refractivity contribution >= 4 is 5.84 Å². The van der Waals surface area contributed by atoms with E-state index in [0.29, 0.717) is 22.8 Å². The Morgan fingerprint density at radius 1 is 1.06 bits per heavy atom. The third-order valence-corrected chi connectivity index (χ3v) is 2.10. The molecule has 1 aromatic carbocycles. The molecular formula is C10H15N3O3. The van der Waals surface area contributed by atoms with Crippen molar-refractivity contribution in [1.29, 1.82) is 0 Å². The van der Waals surface area contributed by atoms with Gasteiger partial charge in [0.2, 0.25) is 5.75 Å². The summed E-state index contributed by atoms with van der Waals surface area (Å²) in [5.74, 6) is 6.81. The zero-order valence-electron chi connectivity index (χ0n) is 9.48. The first-order chi connectivity index (χ1) is 7.67. The average molecular weight is 225 g/mol. The Balaban J connectivity index is 3.37. The van der Waals surface area contributed by atoms with Crippen LogP contribution in [0.1, 0.15) is 5.56 Å². The van der Waals surface area contributed by atoms with Gasteiger partial charge in [0.05, 0.1) is 21.3 Å². The summed E-state index contributed by atoms with van der Waals surface area (Å²) >= 11 is 0. The van der Waals surface area contributed by atoms with E-state index in [0.717, 1.165) is 0 Å². The molecule has 1 rings (SSSR count). The summed E-state index contributed by atoms with van der Waals surface area (Å²) in [4.78, 5) is 0. The molecule has 0 radical (unpaired) electrons. The van der Waals surface area contributed by atoms with Gasteiger partial charge in [-0.05, 0) is 12.1 Å². The molecule has 1 aromatic rings. The zero-order valence-corrected chi connectivity index (χ0v) is 9.48. The standard InChI is InChI=1S/C10H15N3O3/c1-14-7-4-6(10(11)13-12)5-8(15-2)9(7)16-3/h4-5H,12H2,1-3H3,(H2,11,13). The van der Waals surface area contributed by atoms with Crippen molar-refractivity contribution < 1.29 is 14.2 Å². The summed E-state index contributed by atoms with van der Waals surface area (Å²) in [6.07, 6.45) is 0. The molecule has 4 N–H and O–H groups in total. The lowest BCUT2D eigenvalue weighted by atomic mass is 10.1. The van der Waals surface area contributed by atoms with Crippen LogP contribution in [0.5, 0.6) is 17.2 Å². The van der Waals surface area contributed by atoms with Crippen molar-refractivity contribution in [3.63, 3.8) is 0 Å². The van der Waals surface area contributed by atoms with E-state index in [2.05, 4.69) is 5.10 Å². The van der Waals surface area contributed by atoms with Crippen molar-refractivity contribution in [2.24, 2.45) is 16.7 Å². The molecule has 0 saturated heterocycles. The van der Waals surface area contributed by atoms with Crippen molar-refractivity contribution in [3.05, 3.63) is 17.7 Å². The molecule has 0 fully saturated rings. The molecule has 0 saturated carbocycles. The van der Waals surface area contributed by atoms with Gasteiger partial charge in [-0.15, -0.1) is 0 Å². The summed E-state index contributed by atoms with van der Waals surface area (Å²) < 4.78 is 15.5. The van der Waals surface area contributed by atoms with E-state index in [4.69, 9.17) is 25.8 Å². The zero-order chi connectivity index (χ0) is 12.1. The van der Waals surface area contributed by atoms with Crippen LogP contribution >= 0.6 is 0 Å². The molecule has 6 nitrogen and oxygen atoms in total. The second-order valence-electron chi connectivity index (χ2n) is 2.93. The number of hydrazone groups is 1. The normalized spacial score (nSPS) is 11.1. The fourth-order valence-electron chi connectivity index (χ4n) is 1.30. The van der Waals surface area contributed by atoms with Crippen LogP contribution in [0.4, 0.5) is 0 Å². The van der Waals surface area contributed by atoms with E-state index in [1.54, 1.807) is 12.1 Å². The van der Waals surface area contributed by atoms with Gasteiger partial charge in [-0.1, -0.05) is 0 Å². The predicted octanol–water partition coefficient (Wildman–Crippen LogP) is 0.291. The molecule has 0 aliphatic heterocycles. The van der Waals surface area contributed by atoms with E-state index in [1.807, 2.05) is 0 Å². The lowest BCUT2D eigenvalue weighted by molar-refractivity contribution is 0.324. The molecule has 0 bridgehead atoms. The second kappa shape index (κ2) is 5.11. The Morgan fingerprint density at radius 3 is 1.88 bits per heavy atom. The van der Waals surface area contributed by atoms with Crippen LogP contribution in [0.15, 0.2) is 17.2 Å². The number of nitrogens with two attached hydrogens (primary N) is 2. The smallest absolute Gasteiger partial charge is 0.203 e. The van der Waals surface area contributed by atoms with Gasteiger partial charge < -0.3 is 25.8 Å². The number of methoxy groups -OCH3 is 3. The molecule has 0 amide bonds. The van der Waals surface area contributed by atoms with Gasteiger partial charge in [0.1, 0.15) is 0 Å². The van der Waals surface area contributed by atoms with Crippen molar-refractivity contribution in [3.8, 4) is 17.2 Å². The van der Waals surface area contributed by atoms with E-state index >= 15 is 0 Å². The van der Waals surface area contributed by atoms with Crippen LogP contribution in [-0.2, 0) is 0 Å². The second-order valence-corrected chi connectivity index (χ2v) is 2.93. The van der Waals surface area contributed by atoms with Gasteiger partial charge >= 0.3 is 0 Å². The lowest BCUT2D eigenvalue weighted by Gasteiger charge is -2.13. The highest BCUT2D eigenvalue weighted by atomic mass is 16.5. The van der Waals surface area contributed by atoms with Gasteiger partial charge in [-0.2, -0.15) is 5.10 Å². The first kappa shape index (κ1) is 12.0. The van der Waals surface area contributed by atoms with Crippen LogP contribution in [-0.4, -0.2) is 27.2 Å². The van der Waals surface area contributed by atoms with E-state index in [9.17, 15) is 0 Å². The number of ether oxygens (including phenoxy) is 3. The van der Waals surface area contributed by atoms with Crippen LogP contribution in [0.25, 0.3) is 0 Å². The summed E-state index contributed by atoms with van der Waals surface area (Å²) in [7, 11) is 4.58. The highest BCUT2D eigenvalue weighted by molar-refractivity contribution is 5.98. The summed E-state index contributed by atoms with van der Waals surface area (Å²) in [5.41, 5.74) is 6.21. The Kier molecular flexibility index (Phi) is 3.82. The van der Waals surface area contributed by atoms with E-state index in [1.165, 1.54) is 21.3 Å². The van der Waals surface area contributed by atoms with Gasteiger partial charge in [0.25, 0.3) is 0 Å². The van der Waals surface area contributed by atoms with Gasteiger partial charge in [0.15, 0.2) is 17.3 Å². The summed E-state index contributed by atoms with van der Waals surface area (Å²) in [6, 6.07) is 3.35. The highest BCUT2D eigenvalue weighted by Gasteiger charge is 2.14. The van der Waals surface area contributed by atoms with Crippen molar-refractivity contribution in [2.45, 2.75) is 0 Å². The van der Waals surface area contributed by atoms with Crippen molar-refractivity contribution in [2.75, 3.05) is 21.3 Å². The number of benzene rings is 1. The minimum absolute atomic E-state index is 0.194. The number of nitrogens with zero attached hydrogens (tertiary/aromatic N) is 1. The van der Waals surface area contributed by atoms with E-state index < -0.39 is 0 Å². The van der Waals surface area contributed by atoms with Gasteiger partial charge in [-0.25, -0.2) is 0 Å². The molecule has 0 aliphatic carbocycles. The fraction of sp³-hybridized carbons (Fsp3) is 0.300. The maximum atomic E-state index is 5.61. The largest absolute Gasteiger partial charge is 0.493 e. The highest BCUT2D eigenvalue weighted by Crippen LogP contribution is 2.37. The fourth-order valence-corrected chi connectivity index (χ4v) is 1.30. The third-order valence-electron chi connectivity index (χ3n) is 2.10. The SMILES string of the molecule is COc1cc(C(N)=NN)cc(OC)c1OC. The predicted molar refractivity (Wildman–Crippen MR) is 61.0 cm³/mol. The first-order valence-electron chi connectivity index (χ1n) is 4.51. The average Bonchev–Trinajstić information content (AvgIpc) is 2.35. The Bertz CT molecular complexity index is 379. The number of hydrogen-bond donors (Lipinski definition) is 2. The first-order valence-corrected chi connectivity index (χ1v) is 4.51. The van der Waals surface area contributed by atoms with Crippen LogP contribution in [0.3, 0.4) is 0 Å². The molecule has 0 unspecified atom stereocenters. The lowest BCUT2D eigenvalue weighted by Crippen LogP contribution is -2.15. The molecule has 6 heteroatoms. The Morgan fingerprint density at radius 2 is 1.56 bits per heavy atom. The van der Waals surface area contributed by atoms with Crippen molar-refractivity contribution in [1.82, 2.24) is 0 Å². The minimum Gasteiger partial charge on any atom is -0.493 e. The molecule has 88 valence electrons. The topological polar surface area (TPSA) is 92.1 Å². The Labute approximate surface area is 93.8 Å². The van der Waals surface area contributed by atoms with Gasteiger partial charge in [0, 0.05) is 5.56 Å². The van der Waals surface area contributed by atoms with Gasteiger partial charge in [-0.3, -0.25) is 0 Å². The molecule has 0 heterocycles. The molecule has 0 spiro atoms. The third kappa shape index (κ3) is 2.10. The summed E-state index contributed by atoms with van der Waals surface area (Å²) in [5, 5.41) is 3.41. The number of amidine groups is 1. The molecular weight excluding hydrogens is 210 g/mol. The van der Waals surface area contributed by atoms with E-state index in [-0.39, 0.29) is 5.84 Å². The van der Waals surface area contributed by atoms with Crippen LogP contribution in [0, 0.1) is 0 Å². The maximum Gasteiger partial charge on any atom is 0.203 e. The molecule has 0 atom stereocenters. The quantitative estimate of drug-likeness (QED) is 0.332.